The SMILES string of the molecule is Fc1ccccc1-c1ccc(Cl)nc1CBr. The molecule has 0 atom stereocenters. The molecule has 2 rings (SSSR count). The zero-order chi connectivity index (χ0) is 11.5. The molecule has 0 aliphatic rings. The second kappa shape index (κ2) is 4.93. The molecule has 0 spiro atoms. The van der Waals surface area contributed by atoms with E-state index in [0.717, 1.165) is 11.3 Å². The largest absolute Gasteiger partial charge is 0.240 e. The maximum Gasteiger partial charge on any atom is 0.131 e. The molecule has 2 aromatic rings. The summed E-state index contributed by atoms with van der Waals surface area (Å²) in [5.41, 5.74) is 2.04. The number of nitrogens with zero attached hydrogens (tertiary/aromatic N) is 1. The quantitative estimate of drug-likeness (QED) is 0.590. The first-order chi connectivity index (χ1) is 7.72. The first kappa shape index (κ1) is 11.6. The number of aromatic nitrogens is 1. The molecule has 1 aromatic heterocycles. The van der Waals surface area contributed by atoms with Crippen LogP contribution in [-0.4, -0.2) is 4.98 Å². The number of rotatable bonds is 2. The fraction of sp³-hybridized carbons (Fsp3) is 0.0833. The monoisotopic (exact) mass is 299 g/mol. The standard InChI is InChI=1S/C12H8BrClFN/c13-7-11-9(5-6-12(14)16-11)8-3-1-2-4-10(8)15/h1-6H,7H2. The summed E-state index contributed by atoms with van der Waals surface area (Å²) in [4.78, 5) is 4.16. The van der Waals surface area contributed by atoms with Crippen molar-refractivity contribution in [3.05, 3.63) is 53.1 Å². The average molecular weight is 301 g/mol. The average Bonchev–Trinajstić information content (AvgIpc) is 2.30. The van der Waals surface area contributed by atoms with E-state index < -0.39 is 0 Å². The van der Waals surface area contributed by atoms with Gasteiger partial charge in [-0.2, -0.15) is 0 Å². The Hall–Kier alpha value is -0.930. The molecule has 0 bridgehead atoms. The highest BCUT2D eigenvalue weighted by molar-refractivity contribution is 9.08. The smallest absolute Gasteiger partial charge is 0.131 e. The fourth-order valence-electron chi connectivity index (χ4n) is 1.50. The van der Waals surface area contributed by atoms with E-state index in [1.807, 2.05) is 0 Å². The van der Waals surface area contributed by atoms with Gasteiger partial charge in [-0.05, 0) is 18.2 Å². The number of hydrogen-bond acceptors (Lipinski definition) is 1. The lowest BCUT2D eigenvalue weighted by Crippen LogP contribution is -1.93. The van der Waals surface area contributed by atoms with Gasteiger partial charge in [0.2, 0.25) is 0 Å². The summed E-state index contributed by atoms with van der Waals surface area (Å²) in [7, 11) is 0. The molecular weight excluding hydrogens is 292 g/mol. The van der Waals surface area contributed by atoms with E-state index in [1.165, 1.54) is 6.07 Å². The first-order valence-corrected chi connectivity index (χ1v) is 6.18. The normalized spacial score (nSPS) is 10.4. The number of pyridine rings is 1. The van der Waals surface area contributed by atoms with Gasteiger partial charge in [0.25, 0.3) is 0 Å². The molecule has 0 aliphatic carbocycles. The van der Waals surface area contributed by atoms with Gasteiger partial charge in [-0.25, -0.2) is 9.37 Å². The minimum absolute atomic E-state index is 0.256. The Kier molecular flexibility index (Phi) is 3.56. The van der Waals surface area contributed by atoms with Crippen molar-refractivity contribution in [3.63, 3.8) is 0 Å². The lowest BCUT2D eigenvalue weighted by atomic mass is 10.0. The lowest BCUT2D eigenvalue weighted by molar-refractivity contribution is 0.631. The Labute approximate surface area is 106 Å². The molecule has 1 heterocycles. The second-order valence-corrected chi connectivity index (χ2v) is 4.19. The van der Waals surface area contributed by atoms with E-state index in [4.69, 9.17) is 11.6 Å². The fourth-order valence-corrected chi connectivity index (χ4v) is 2.09. The van der Waals surface area contributed by atoms with Crippen LogP contribution < -0.4 is 0 Å². The zero-order valence-electron chi connectivity index (χ0n) is 8.25. The number of alkyl halides is 1. The van der Waals surface area contributed by atoms with Crippen molar-refractivity contribution in [2.24, 2.45) is 0 Å². The van der Waals surface area contributed by atoms with Gasteiger partial charge in [0, 0.05) is 16.5 Å². The van der Waals surface area contributed by atoms with Gasteiger partial charge in [-0.3, -0.25) is 0 Å². The van der Waals surface area contributed by atoms with Crippen LogP contribution in [0.4, 0.5) is 4.39 Å². The molecule has 0 radical (unpaired) electrons. The van der Waals surface area contributed by atoms with Gasteiger partial charge in [-0.15, -0.1) is 0 Å². The molecule has 1 aromatic carbocycles. The van der Waals surface area contributed by atoms with Crippen LogP contribution >= 0.6 is 27.5 Å². The molecule has 1 nitrogen and oxygen atoms in total. The molecule has 16 heavy (non-hydrogen) atoms. The summed E-state index contributed by atoms with van der Waals surface area (Å²) >= 11 is 9.12. The van der Waals surface area contributed by atoms with E-state index in [9.17, 15) is 4.39 Å². The van der Waals surface area contributed by atoms with Crippen molar-refractivity contribution in [1.29, 1.82) is 0 Å². The van der Waals surface area contributed by atoms with Gasteiger partial charge >= 0.3 is 0 Å². The van der Waals surface area contributed by atoms with Crippen LogP contribution in [0.5, 0.6) is 0 Å². The Morgan fingerprint density at radius 3 is 2.56 bits per heavy atom. The Balaban J connectivity index is 2.60. The molecule has 0 fully saturated rings. The zero-order valence-corrected chi connectivity index (χ0v) is 10.6. The highest BCUT2D eigenvalue weighted by atomic mass is 79.9. The van der Waals surface area contributed by atoms with Gasteiger partial charge in [-0.1, -0.05) is 45.7 Å². The molecule has 4 heteroatoms. The number of halogens is 3. The summed E-state index contributed by atoms with van der Waals surface area (Å²) in [6, 6.07) is 10.1. The van der Waals surface area contributed by atoms with Crippen LogP contribution in [0.3, 0.4) is 0 Å². The van der Waals surface area contributed by atoms with Gasteiger partial charge in [0.15, 0.2) is 0 Å². The van der Waals surface area contributed by atoms with Gasteiger partial charge in [0.05, 0.1) is 5.69 Å². The topological polar surface area (TPSA) is 12.9 Å². The Morgan fingerprint density at radius 2 is 1.88 bits per heavy atom. The number of hydrogen-bond donors (Lipinski definition) is 0. The van der Waals surface area contributed by atoms with Crippen LogP contribution in [-0.2, 0) is 5.33 Å². The third kappa shape index (κ3) is 2.25. The predicted molar refractivity (Wildman–Crippen MR) is 67.3 cm³/mol. The van der Waals surface area contributed by atoms with E-state index in [-0.39, 0.29) is 5.82 Å². The molecule has 82 valence electrons. The van der Waals surface area contributed by atoms with Crippen molar-refractivity contribution < 1.29 is 4.39 Å². The van der Waals surface area contributed by atoms with Crippen molar-refractivity contribution in [3.8, 4) is 11.1 Å². The van der Waals surface area contributed by atoms with E-state index in [2.05, 4.69) is 20.9 Å². The minimum atomic E-state index is -0.256. The molecule has 0 N–H and O–H groups in total. The molecule has 0 aliphatic heterocycles. The van der Waals surface area contributed by atoms with E-state index in [0.29, 0.717) is 16.0 Å². The summed E-state index contributed by atoms with van der Waals surface area (Å²) in [5, 5.41) is 0.951. The summed E-state index contributed by atoms with van der Waals surface area (Å²) in [6.07, 6.45) is 0. The van der Waals surface area contributed by atoms with Crippen molar-refractivity contribution in [2.75, 3.05) is 0 Å². The second-order valence-electron chi connectivity index (χ2n) is 3.24. The predicted octanol–water partition coefficient (Wildman–Crippen LogP) is 4.44. The number of benzene rings is 1. The van der Waals surface area contributed by atoms with Crippen LogP contribution in [0.25, 0.3) is 11.1 Å². The highest BCUT2D eigenvalue weighted by Crippen LogP contribution is 2.27. The molecule has 0 unspecified atom stereocenters. The van der Waals surface area contributed by atoms with Crippen molar-refractivity contribution in [2.45, 2.75) is 5.33 Å². The summed E-state index contributed by atoms with van der Waals surface area (Å²) in [6.45, 7) is 0. The van der Waals surface area contributed by atoms with Gasteiger partial charge in [0.1, 0.15) is 11.0 Å². The molecule has 0 saturated heterocycles. The van der Waals surface area contributed by atoms with Crippen LogP contribution in [0.15, 0.2) is 36.4 Å². The van der Waals surface area contributed by atoms with Crippen LogP contribution in [0.2, 0.25) is 5.15 Å². The van der Waals surface area contributed by atoms with Crippen molar-refractivity contribution in [1.82, 2.24) is 4.98 Å². The van der Waals surface area contributed by atoms with Crippen LogP contribution in [0.1, 0.15) is 5.69 Å². The minimum Gasteiger partial charge on any atom is -0.240 e. The van der Waals surface area contributed by atoms with Gasteiger partial charge < -0.3 is 0 Å². The van der Waals surface area contributed by atoms with E-state index in [1.54, 1.807) is 30.3 Å². The third-order valence-electron chi connectivity index (χ3n) is 2.23. The summed E-state index contributed by atoms with van der Waals surface area (Å²) in [5.74, 6) is -0.256. The Bertz CT molecular complexity index is 516. The molecule has 0 saturated carbocycles. The highest BCUT2D eigenvalue weighted by Gasteiger charge is 2.10. The third-order valence-corrected chi connectivity index (χ3v) is 2.97. The van der Waals surface area contributed by atoms with Crippen LogP contribution in [0, 0.1) is 5.82 Å². The Morgan fingerprint density at radius 1 is 1.12 bits per heavy atom. The van der Waals surface area contributed by atoms with E-state index >= 15 is 0 Å². The van der Waals surface area contributed by atoms with Crippen molar-refractivity contribution >= 4 is 27.5 Å². The maximum absolute atomic E-state index is 13.6. The summed E-state index contributed by atoms with van der Waals surface area (Å²) < 4.78 is 13.6. The lowest BCUT2D eigenvalue weighted by Gasteiger charge is -2.07. The molecule has 0 amide bonds. The first-order valence-electron chi connectivity index (χ1n) is 4.68. The maximum atomic E-state index is 13.6. The molecular formula is C12H8BrClFN.